The Morgan fingerprint density at radius 1 is 1.08 bits per heavy atom. The van der Waals surface area contributed by atoms with Gasteiger partial charge in [-0.15, -0.1) is 6.42 Å². The molecule has 0 N–H and O–H groups in total. The van der Waals surface area contributed by atoms with E-state index in [-0.39, 0.29) is 23.4 Å². The van der Waals surface area contributed by atoms with E-state index in [1.165, 1.54) is 44.6 Å². The molecule has 4 bridgehead atoms. The van der Waals surface area contributed by atoms with Crippen LogP contribution in [0.2, 0.25) is 0 Å². The highest BCUT2D eigenvalue weighted by Crippen LogP contribution is 2.57. The summed E-state index contributed by atoms with van der Waals surface area (Å²) in [6, 6.07) is 12.9. The molecule has 36 heavy (non-hydrogen) atoms. The topological polar surface area (TPSA) is 29.5 Å². The van der Waals surface area contributed by atoms with E-state index in [0.29, 0.717) is 12.0 Å². The minimum atomic E-state index is -0.400. The number of nitrogens with zero attached hydrogens (tertiary/aromatic N) is 1. The Balaban J connectivity index is 1.32. The van der Waals surface area contributed by atoms with Crippen molar-refractivity contribution in [3.8, 4) is 18.1 Å². The largest absolute Gasteiger partial charge is 0.487 e. The van der Waals surface area contributed by atoms with Gasteiger partial charge in [0.15, 0.2) is 0 Å². The zero-order valence-corrected chi connectivity index (χ0v) is 21.2. The molecule has 4 aliphatic carbocycles. The van der Waals surface area contributed by atoms with E-state index in [1.807, 2.05) is 35.2 Å². The second-order valence-corrected chi connectivity index (χ2v) is 11.8. The van der Waals surface area contributed by atoms with E-state index in [4.69, 9.17) is 11.2 Å². The molecule has 1 amide bonds. The van der Waals surface area contributed by atoms with E-state index in [0.717, 1.165) is 53.9 Å². The lowest BCUT2D eigenvalue weighted by atomic mass is 9.54. The first kappa shape index (κ1) is 23.6. The summed E-state index contributed by atoms with van der Waals surface area (Å²) in [5.74, 6) is 5.20. The van der Waals surface area contributed by atoms with Gasteiger partial charge in [0.05, 0.1) is 6.04 Å². The molecule has 5 aliphatic rings. The molecule has 0 aromatic heterocycles. The lowest BCUT2D eigenvalue weighted by Gasteiger charge is -2.56. The fraction of sp³-hybridized carbons (Fsp3) is 0.531. The van der Waals surface area contributed by atoms with Crippen LogP contribution >= 0.6 is 0 Å². The molecule has 1 unspecified atom stereocenters. The first-order chi connectivity index (χ1) is 17.5. The molecule has 2 aromatic rings. The molecule has 4 saturated carbocycles. The summed E-state index contributed by atoms with van der Waals surface area (Å²) in [6.45, 7) is 2.13. The molecule has 2 aromatic carbocycles. The molecular weight excluding hydrogens is 449 g/mol. The minimum Gasteiger partial charge on any atom is -0.487 e. The summed E-state index contributed by atoms with van der Waals surface area (Å²) in [7, 11) is 0. The SMILES string of the molecule is C#CC(=O)N1C(c2ccc(OC34CC5CC(CC(C5)C3)C4)cc2)c2cccc(F)c2C[C@@H]1CCCC. The number of hydrogen-bond donors (Lipinski definition) is 0. The Labute approximate surface area is 214 Å². The first-order valence-electron chi connectivity index (χ1n) is 13.8. The highest BCUT2D eigenvalue weighted by atomic mass is 19.1. The van der Waals surface area contributed by atoms with Crippen molar-refractivity contribution in [3.63, 3.8) is 0 Å². The second-order valence-electron chi connectivity index (χ2n) is 11.8. The van der Waals surface area contributed by atoms with Crippen LogP contribution in [0.5, 0.6) is 5.75 Å². The van der Waals surface area contributed by atoms with Crippen molar-refractivity contribution in [2.24, 2.45) is 17.8 Å². The van der Waals surface area contributed by atoms with E-state index < -0.39 is 6.04 Å². The summed E-state index contributed by atoms with van der Waals surface area (Å²) >= 11 is 0. The van der Waals surface area contributed by atoms with Crippen molar-refractivity contribution in [2.45, 2.75) is 88.8 Å². The minimum absolute atomic E-state index is 0.00640. The van der Waals surface area contributed by atoms with Crippen molar-refractivity contribution in [2.75, 3.05) is 0 Å². The maximum absolute atomic E-state index is 15.0. The average Bonchev–Trinajstić information content (AvgIpc) is 2.86. The lowest BCUT2D eigenvalue weighted by Crippen LogP contribution is -2.53. The van der Waals surface area contributed by atoms with Crippen LogP contribution in [-0.2, 0) is 11.2 Å². The highest BCUT2D eigenvalue weighted by molar-refractivity contribution is 5.94. The molecule has 3 nitrogen and oxygen atoms in total. The Bertz CT molecular complexity index is 1140. The van der Waals surface area contributed by atoms with Crippen LogP contribution in [0.1, 0.15) is 87.4 Å². The number of carbonyl (C=O) groups excluding carboxylic acids is 1. The summed E-state index contributed by atoms with van der Waals surface area (Å²) in [4.78, 5) is 14.9. The third kappa shape index (κ3) is 4.11. The number of benzene rings is 2. The number of halogens is 1. The number of rotatable bonds is 6. The number of fused-ring (bicyclic) bond motifs is 1. The molecule has 1 aliphatic heterocycles. The zero-order valence-electron chi connectivity index (χ0n) is 21.2. The summed E-state index contributed by atoms with van der Waals surface area (Å²) in [5.41, 5.74) is 2.48. The van der Waals surface area contributed by atoms with Gasteiger partial charge >= 0.3 is 0 Å². The Morgan fingerprint density at radius 3 is 2.36 bits per heavy atom. The predicted octanol–water partition coefficient (Wildman–Crippen LogP) is 6.84. The Hall–Kier alpha value is -2.80. The third-order valence-corrected chi connectivity index (χ3v) is 9.32. The van der Waals surface area contributed by atoms with E-state index in [9.17, 15) is 9.18 Å². The van der Waals surface area contributed by atoms with Crippen molar-refractivity contribution >= 4 is 5.91 Å². The van der Waals surface area contributed by atoms with Gasteiger partial charge in [0.2, 0.25) is 0 Å². The van der Waals surface area contributed by atoms with Gasteiger partial charge < -0.3 is 9.64 Å². The number of terminal acetylenes is 1. The van der Waals surface area contributed by atoms with Crippen LogP contribution in [0, 0.1) is 35.9 Å². The number of carbonyl (C=O) groups is 1. The molecule has 1 heterocycles. The van der Waals surface area contributed by atoms with Crippen LogP contribution in [-0.4, -0.2) is 22.4 Å². The van der Waals surface area contributed by atoms with Gasteiger partial charge in [0, 0.05) is 6.04 Å². The van der Waals surface area contributed by atoms with Gasteiger partial charge in [-0.3, -0.25) is 4.79 Å². The standard InChI is InChI=1S/C32H36FNO2/c1-3-5-7-25-17-28-27(8-6-9-29(28)33)31(34(25)30(35)4-2)24-10-12-26(13-11-24)36-32-18-21-14-22(19-32)16-23(15-21)20-32/h2,6,8-13,21-23,25,31H,3,5,7,14-20H2,1H3/t21?,22?,23?,25-,31?,32?/m0/s1. The lowest BCUT2D eigenvalue weighted by molar-refractivity contribution is -0.130. The summed E-state index contributed by atoms with van der Waals surface area (Å²) in [5, 5.41) is 0. The number of ether oxygens (including phenoxy) is 1. The summed E-state index contributed by atoms with van der Waals surface area (Å²) < 4.78 is 21.7. The van der Waals surface area contributed by atoms with Crippen LogP contribution in [0.15, 0.2) is 42.5 Å². The fourth-order valence-corrected chi connectivity index (χ4v) is 8.24. The average molecular weight is 486 g/mol. The van der Waals surface area contributed by atoms with Crippen LogP contribution in [0.3, 0.4) is 0 Å². The van der Waals surface area contributed by atoms with Crippen molar-refractivity contribution in [3.05, 3.63) is 65.0 Å². The Morgan fingerprint density at radius 2 is 1.75 bits per heavy atom. The molecule has 4 heteroatoms. The molecule has 188 valence electrons. The van der Waals surface area contributed by atoms with E-state index >= 15 is 0 Å². The van der Waals surface area contributed by atoms with Gasteiger partial charge in [-0.2, -0.15) is 0 Å². The van der Waals surface area contributed by atoms with Gasteiger partial charge in [-0.1, -0.05) is 44.0 Å². The van der Waals surface area contributed by atoms with Crippen LogP contribution < -0.4 is 4.74 Å². The van der Waals surface area contributed by atoms with Gasteiger partial charge in [-0.25, -0.2) is 4.39 Å². The van der Waals surface area contributed by atoms with Gasteiger partial charge in [0.25, 0.3) is 5.91 Å². The quantitative estimate of drug-likeness (QED) is 0.419. The number of amides is 1. The molecule has 2 atom stereocenters. The molecule has 0 radical (unpaired) electrons. The van der Waals surface area contributed by atoms with Crippen LogP contribution in [0.4, 0.5) is 4.39 Å². The summed E-state index contributed by atoms with van der Waals surface area (Å²) in [6.07, 6.45) is 16.6. The second kappa shape index (κ2) is 9.25. The monoisotopic (exact) mass is 485 g/mol. The normalized spacial score (nSPS) is 32.1. The third-order valence-electron chi connectivity index (χ3n) is 9.32. The van der Waals surface area contributed by atoms with Crippen molar-refractivity contribution in [1.82, 2.24) is 4.90 Å². The Kier molecular flexibility index (Phi) is 6.06. The molecule has 0 spiro atoms. The predicted molar refractivity (Wildman–Crippen MR) is 139 cm³/mol. The van der Waals surface area contributed by atoms with Crippen LogP contribution in [0.25, 0.3) is 0 Å². The van der Waals surface area contributed by atoms with E-state index in [2.05, 4.69) is 12.8 Å². The van der Waals surface area contributed by atoms with Crippen molar-refractivity contribution in [1.29, 1.82) is 0 Å². The fourth-order valence-electron chi connectivity index (χ4n) is 8.24. The molecule has 7 rings (SSSR count). The number of hydrogen-bond acceptors (Lipinski definition) is 2. The smallest absolute Gasteiger partial charge is 0.299 e. The zero-order chi connectivity index (χ0) is 24.9. The molecular formula is C32H36FNO2. The van der Waals surface area contributed by atoms with Crippen molar-refractivity contribution < 1.29 is 13.9 Å². The highest BCUT2D eigenvalue weighted by Gasteiger charge is 2.52. The molecule has 0 saturated heterocycles. The maximum Gasteiger partial charge on any atom is 0.299 e. The van der Waals surface area contributed by atoms with Gasteiger partial charge in [0.1, 0.15) is 17.2 Å². The first-order valence-corrected chi connectivity index (χ1v) is 13.8. The maximum atomic E-state index is 15.0. The number of unbranched alkanes of at least 4 members (excludes halogenated alkanes) is 1. The van der Waals surface area contributed by atoms with E-state index in [1.54, 1.807) is 6.07 Å². The molecule has 4 fully saturated rings. The van der Waals surface area contributed by atoms with Gasteiger partial charge in [-0.05, 0) is 110 Å².